The van der Waals surface area contributed by atoms with Crippen LogP contribution >= 0.6 is 0 Å². The highest BCUT2D eigenvalue weighted by Gasteiger charge is 2.17. The van der Waals surface area contributed by atoms with Crippen molar-refractivity contribution in [3.05, 3.63) is 29.3 Å². The zero-order valence-corrected chi connectivity index (χ0v) is 8.38. The molecule has 1 saturated heterocycles. The summed E-state index contributed by atoms with van der Waals surface area (Å²) in [4.78, 5) is 0. The molecule has 1 aliphatic heterocycles. The topological polar surface area (TPSA) is 44.3 Å². The Morgan fingerprint density at radius 2 is 2.21 bits per heavy atom. The molecule has 0 radical (unpaired) electrons. The number of hydrogen-bond acceptors (Lipinski definition) is 3. The van der Waals surface area contributed by atoms with Crippen LogP contribution in [0.25, 0.3) is 0 Å². The highest BCUT2D eigenvalue weighted by Crippen LogP contribution is 2.27. The van der Waals surface area contributed by atoms with Crippen molar-refractivity contribution < 1.29 is 5.11 Å². The highest BCUT2D eigenvalue weighted by molar-refractivity contribution is 5.41. The number of benzene rings is 1. The van der Waals surface area contributed by atoms with Crippen LogP contribution in [-0.4, -0.2) is 24.7 Å². The zero-order chi connectivity index (χ0) is 9.97. The lowest BCUT2D eigenvalue weighted by Gasteiger charge is -2.25. The van der Waals surface area contributed by atoms with Gasteiger partial charge in [-0.2, -0.15) is 0 Å². The minimum atomic E-state index is 0.239. The number of rotatable bonds is 1. The summed E-state index contributed by atoms with van der Waals surface area (Å²) in [6, 6.07) is 6.13. The van der Waals surface area contributed by atoms with Crippen LogP contribution in [0.3, 0.4) is 0 Å². The molecule has 1 heterocycles. The van der Waals surface area contributed by atoms with E-state index in [9.17, 15) is 5.11 Å². The fourth-order valence-electron chi connectivity index (χ4n) is 1.84. The fraction of sp³-hybridized carbons (Fsp3) is 0.455. The number of aromatic hydroxyl groups is 1. The van der Waals surface area contributed by atoms with Gasteiger partial charge in [0.15, 0.2) is 0 Å². The maximum atomic E-state index is 9.88. The zero-order valence-electron chi connectivity index (χ0n) is 8.38. The second-order valence-corrected chi connectivity index (χ2v) is 3.72. The molecular weight excluding hydrogens is 176 g/mol. The molecule has 0 aromatic heterocycles. The molecule has 1 atom stereocenters. The van der Waals surface area contributed by atoms with Gasteiger partial charge in [0.05, 0.1) is 0 Å². The Bertz CT molecular complexity index is 319. The maximum absolute atomic E-state index is 9.88. The summed E-state index contributed by atoms with van der Waals surface area (Å²) in [6.45, 7) is 4.77. The SMILES string of the molecule is Cc1cccc([C@H]2CNCCN2)c1O. The van der Waals surface area contributed by atoms with E-state index in [-0.39, 0.29) is 6.04 Å². The molecule has 0 spiro atoms. The van der Waals surface area contributed by atoms with E-state index >= 15 is 0 Å². The number of hydrogen-bond donors (Lipinski definition) is 3. The predicted octanol–water partition coefficient (Wildman–Crippen LogP) is 0.935. The number of piperazine rings is 1. The van der Waals surface area contributed by atoms with Gasteiger partial charge in [0.1, 0.15) is 5.75 Å². The van der Waals surface area contributed by atoms with Crippen molar-refractivity contribution in [2.75, 3.05) is 19.6 Å². The van der Waals surface area contributed by atoms with E-state index in [1.807, 2.05) is 25.1 Å². The Hall–Kier alpha value is -1.06. The van der Waals surface area contributed by atoms with Gasteiger partial charge in [-0.05, 0) is 12.5 Å². The van der Waals surface area contributed by atoms with Crippen LogP contribution in [0.1, 0.15) is 17.2 Å². The Kier molecular flexibility index (Phi) is 2.70. The van der Waals surface area contributed by atoms with Crippen LogP contribution in [0.15, 0.2) is 18.2 Å². The summed E-state index contributed by atoms with van der Waals surface area (Å²) < 4.78 is 0. The van der Waals surface area contributed by atoms with Gasteiger partial charge in [-0.3, -0.25) is 0 Å². The van der Waals surface area contributed by atoms with E-state index in [1.165, 1.54) is 0 Å². The lowest BCUT2D eigenvalue weighted by molar-refractivity contribution is 0.403. The standard InChI is InChI=1S/C11H16N2O/c1-8-3-2-4-9(11(8)14)10-7-12-5-6-13-10/h2-4,10,12-14H,5-7H2,1H3/t10-/m1/s1. The molecule has 76 valence electrons. The molecule has 0 bridgehead atoms. The Labute approximate surface area is 84.1 Å². The first-order valence-electron chi connectivity index (χ1n) is 5.01. The molecule has 0 unspecified atom stereocenters. The lowest BCUT2D eigenvalue weighted by atomic mass is 10.0. The smallest absolute Gasteiger partial charge is 0.123 e. The monoisotopic (exact) mass is 192 g/mol. The van der Waals surface area contributed by atoms with Gasteiger partial charge in [0, 0.05) is 31.2 Å². The van der Waals surface area contributed by atoms with Crippen LogP contribution in [0, 0.1) is 6.92 Å². The Morgan fingerprint density at radius 3 is 2.93 bits per heavy atom. The molecule has 3 heteroatoms. The fourth-order valence-corrected chi connectivity index (χ4v) is 1.84. The molecule has 14 heavy (non-hydrogen) atoms. The average molecular weight is 192 g/mol. The Balaban J connectivity index is 2.26. The third-order valence-corrected chi connectivity index (χ3v) is 2.69. The van der Waals surface area contributed by atoms with Crippen molar-refractivity contribution in [1.29, 1.82) is 0 Å². The minimum absolute atomic E-state index is 0.239. The summed E-state index contributed by atoms with van der Waals surface area (Å²) in [6.07, 6.45) is 0. The first-order chi connectivity index (χ1) is 6.79. The van der Waals surface area contributed by atoms with Crippen molar-refractivity contribution in [3.63, 3.8) is 0 Å². The number of phenolic OH excluding ortho intramolecular Hbond substituents is 1. The first kappa shape index (κ1) is 9.49. The summed E-state index contributed by atoms with van der Waals surface area (Å²) >= 11 is 0. The van der Waals surface area contributed by atoms with Gasteiger partial charge in [0.2, 0.25) is 0 Å². The third kappa shape index (κ3) is 1.74. The molecule has 0 aliphatic carbocycles. The highest BCUT2D eigenvalue weighted by atomic mass is 16.3. The van der Waals surface area contributed by atoms with Crippen LogP contribution < -0.4 is 10.6 Å². The van der Waals surface area contributed by atoms with Gasteiger partial charge in [-0.1, -0.05) is 18.2 Å². The second-order valence-electron chi connectivity index (χ2n) is 3.72. The third-order valence-electron chi connectivity index (χ3n) is 2.69. The van der Waals surface area contributed by atoms with Gasteiger partial charge < -0.3 is 15.7 Å². The molecule has 3 N–H and O–H groups in total. The minimum Gasteiger partial charge on any atom is -0.507 e. The largest absolute Gasteiger partial charge is 0.507 e. The number of aryl methyl sites for hydroxylation is 1. The molecule has 1 aromatic carbocycles. The van der Waals surface area contributed by atoms with E-state index < -0.39 is 0 Å². The van der Waals surface area contributed by atoms with Crippen molar-refractivity contribution in [3.8, 4) is 5.75 Å². The maximum Gasteiger partial charge on any atom is 0.123 e. The van der Waals surface area contributed by atoms with Crippen molar-refractivity contribution in [2.45, 2.75) is 13.0 Å². The summed E-state index contributed by atoms with van der Waals surface area (Å²) in [5.41, 5.74) is 1.94. The molecule has 0 saturated carbocycles. The van der Waals surface area contributed by atoms with Gasteiger partial charge >= 0.3 is 0 Å². The van der Waals surface area contributed by atoms with Crippen LogP contribution in [0.5, 0.6) is 5.75 Å². The van der Waals surface area contributed by atoms with Crippen LogP contribution in [0.4, 0.5) is 0 Å². The molecule has 0 amide bonds. The van der Waals surface area contributed by atoms with E-state index in [4.69, 9.17) is 0 Å². The first-order valence-corrected chi connectivity index (χ1v) is 5.01. The molecule has 1 aliphatic rings. The average Bonchev–Trinajstić information content (AvgIpc) is 2.23. The van der Waals surface area contributed by atoms with Crippen LogP contribution in [0.2, 0.25) is 0 Å². The van der Waals surface area contributed by atoms with E-state index in [0.29, 0.717) is 5.75 Å². The lowest BCUT2D eigenvalue weighted by Crippen LogP contribution is -2.42. The second kappa shape index (κ2) is 3.98. The van der Waals surface area contributed by atoms with Crippen molar-refractivity contribution >= 4 is 0 Å². The molecule has 1 fully saturated rings. The summed E-state index contributed by atoms with van der Waals surface area (Å²) in [7, 11) is 0. The van der Waals surface area contributed by atoms with Crippen LogP contribution in [-0.2, 0) is 0 Å². The van der Waals surface area contributed by atoms with Gasteiger partial charge in [-0.15, -0.1) is 0 Å². The van der Waals surface area contributed by atoms with Gasteiger partial charge in [-0.25, -0.2) is 0 Å². The molecule has 1 aromatic rings. The number of nitrogens with one attached hydrogen (secondary N) is 2. The predicted molar refractivity (Wildman–Crippen MR) is 56.5 cm³/mol. The molecular formula is C11H16N2O. The van der Waals surface area contributed by atoms with Crippen molar-refractivity contribution in [1.82, 2.24) is 10.6 Å². The quantitative estimate of drug-likeness (QED) is 0.620. The molecule has 3 nitrogen and oxygen atoms in total. The van der Waals surface area contributed by atoms with Crippen molar-refractivity contribution in [2.24, 2.45) is 0 Å². The Morgan fingerprint density at radius 1 is 1.36 bits per heavy atom. The number of phenols is 1. The summed E-state index contributed by atoms with van der Waals surface area (Å²) in [5.74, 6) is 0.425. The van der Waals surface area contributed by atoms with E-state index in [2.05, 4.69) is 10.6 Å². The van der Waals surface area contributed by atoms with E-state index in [1.54, 1.807) is 0 Å². The normalized spacial score (nSPS) is 22.2. The molecule has 2 rings (SSSR count). The number of para-hydroxylation sites is 1. The van der Waals surface area contributed by atoms with E-state index in [0.717, 1.165) is 30.8 Å². The van der Waals surface area contributed by atoms with Gasteiger partial charge in [0.25, 0.3) is 0 Å². The summed E-state index contributed by atoms with van der Waals surface area (Å²) in [5, 5.41) is 16.6.